The molecule has 0 aliphatic rings. The highest BCUT2D eigenvalue weighted by Gasteiger charge is 2.39. The molecule has 1 nitrogen and oxygen atoms in total. The molecular formula is C11H14F6O. The van der Waals surface area contributed by atoms with Crippen LogP contribution in [0, 0.1) is 5.92 Å². The third kappa shape index (κ3) is 6.68. The van der Waals surface area contributed by atoms with Crippen LogP contribution in [-0.4, -0.2) is 17.4 Å². The highest BCUT2D eigenvalue weighted by molar-refractivity contribution is 4.94. The molecule has 18 heavy (non-hydrogen) atoms. The Morgan fingerprint density at radius 3 is 2.17 bits per heavy atom. The van der Waals surface area contributed by atoms with Crippen LogP contribution in [-0.2, 0) is 0 Å². The van der Waals surface area contributed by atoms with Crippen molar-refractivity contribution >= 4 is 0 Å². The molecule has 0 aromatic carbocycles. The summed E-state index contributed by atoms with van der Waals surface area (Å²) in [6.45, 7) is 3.34. The van der Waals surface area contributed by atoms with Crippen molar-refractivity contribution in [1.82, 2.24) is 0 Å². The normalized spacial score (nSPS) is 15.1. The number of aliphatic hydroxyl groups is 1. The quantitative estimate of drug-likeness (QED) is 0.541. The maximum Gasteiger partial charge on any atom is 0.414 e. The Morgan fingerprint density at radius 2 is 1.78 bits per heavy atom. The van der Waals surface area contributed by atoms with Crippen molar-refractivity contribution in [3.8, 4) is 0 Å². The number of aliphatic hydroxyl groups excluding tert-OH is 1. The maximum atomic E-state index is 12.7. The van der Waals surface area contributed by atoms with Crippen molar-refractivity contribution in [3.05, 3.63) is 24.6 Å². The first kappa shape index (κ1) is 17.0. The van der Waals surface area contributed by atoms with E-state index in [0.29, 0.717) is 0 Å². The topological polar surface area (TPSA) is 20.2 Å². The molecule has 0 saturated heterocycles. The minimum atomic E-state index is -4.83. The third-order valence-electron chi connectivity index (χ3n) is 2.39. The van der Waals surface area contributed by atoms with Gasteiger partial charge in [-0.2, -0.15) is 22.0 Å². The Hall–Kier alpha value is -0.980. The van der Waals surface area contributed by atoms with Crippen LogP contribution in [0.2, 0.25) is 0 Å². The van der Waals surface area contributed by atoms with Crippen molar-refractivity contribution in [2.45, 2.75) is 38.0 Å². The number of halogens is 6. The summed E-state index contributed by atoms with van der Waals surface area (Å²) < 4.78 is 72.8. The second-order valence-electron chi connectivity index (χ2n) is 3.89. The fraction of sp³-hybridized carbons (Fsp3) is 0.636. The van der Waals surface area contributed by atoms with Gasteiger partial charge < -0.3 is 5.11 Å². The van der Waals surface area contributed by atoms with Crippen LogP contribution in [0.15, 0.2) is 24.6 Å². The van der Waals surface area contributed by atoms with Crippen LogP contribution < -0.4 is 0 Å². The average molecular weight is 276 g/mol. The summed E-state index contributed by atoms with van der Waals surface area (Å²) in [5, 5.41) is 8.83. The van der Waals surface area contributed by atoms with Gasteiger partial charge in [-0.1, -0.05) is 6.08 Å². The molecule has 0 aromatic heterocycles. The molecule has 0 aliphatic carbocycles. The lowest BCUT2D eigenvalue weighted by molar-refractivity contribution is -0.208. The molecule has 0 radical (unpaired) electrons. The zero-order valence-corrected chi connectivity index (χ0v) is 9.48. The number of allylic oxidation sites excluding steroid dienone is 2. The van der Waals surface area contributed by atoms with Gasteiger partial charge in [-0.3, -0.25) is 0 Å². The lowest BCUT2D eigenvalue weighted by atomic mass is 9.92. The molecule has 1 N–H and O–H groups in total. The molecule has 0 heterocycles. The number of rotatable bonds is 7. The van der Waals surface area contributed by atoms with Gasteiger partial charge in [0.05, 0.1) is 0 Å². The van der Waals surface area contributed by atoms with Crippen LogP contribution in [0.25, 0.3) is 0 Å². The lowest BCUT2D eigenvalue weighted by Crippen LogP contribution is -2.30. The molecular weight excluding hydrogens is 262 g/mol. The molecule has 0 bridgehead atoms. The molecule has 106 valence electrons. The second kappa shape index (κ2) is 7.45. The molecule has 0 amide bonds. The molecule has 7 heteroatoms. The minimum absolute atomic E-state index is 0.0529. The molecule has 0 saturated carbocycles. The van der Waals surface area contributed by atoms with Gasteiger partial charge in [-0.05, 0) is 25.2 Å². The molecule has 0 aliphatic heterocycles. The smallest absolute Gasteiger partial charge is 0.384 e. The Morgan fingerprint density at radius 1 is 1.22 bits per heavy atom. The Labute approximate surface area is 101 Å². The lowest BCUT2D eigenvalue weighted by Gasteiger charge is -2.20. The summed E-state index contributed by atoms with van der Waals surface area (Å²) in [6.07, 6.45) is -9.93. The molecule has 0 rings (SSSR count). The molecule has 2 atom stereocenters. The second-order valence-corrected chi connectivity index (χ2v) is 3.89. The first-order valence-electron chi connectivity index (χ1n) is 5.23. The minimum Gasteiger partial charge on any atom is -0.384 e. The van der Waals surface area contributed by atoms with Gasteiger partial charge in [-0.25, -0.2) is 4.39 Å². The van der Waals surface area contributed by atoms with Crippen LogP contribution >= 0.6 is 0 Å². The largest absolute Gasteiger partial charge is 0.414 e. The summed E-state index contributed by atoms with van der Waals surface area (Å²) >= 11 is 0. The van der Waals surface area contributed by atoms with Crippen LogP contribution in [0.3, 0.4) is 0 Å². The van der Waals surface area contributed by atoms with Gasteiger partial charge >= 0.3 is 12.3 Å². The van der Waals surface area contributed by atoms with Crippen molar-refractivity contribution < 1.29 is 31.4 Å². The summed E-state index contributed by atoms with van der Waals surface area (Å²) in [5.74, 6) is -2.75. The van der Waals surface area contributed by atoms with E-state index >= 15 is 0 Å². The first-order valence-corrected chi connectivity index (χ1v) is 5.23. The Kier molecular flexibility index (Phi) is 7.05. The van der Waals surface area contributed by atoms with Gasteiger partial charge in [0.1, 0.15) is 6.10 Å². The zero-order valence-electron chi connectivity index (χ0n) is 9.48. The van der Waals surface area contributed by atoms with Crippen molar-refractivity contribution in [2.24, 2.45) is 5.92 Å². The van der Waals surface area contributed by atoms with E-state index in [4.69, 9.17) is 5.11 Å². The maximum absolute atomic E-state index is 12.7. The van der Waals surface area contributed by atoms with E-state index in [9.17, 15) is 26.3 Å². The van der Waals surface area contributed by atoms with Crippen LogP contribution in [0.4, 0.5) is 26.3 Å². The summed E-state index contributed by atoms with van der Waals surface area (Å²) in [6, 6.07) is 0. The Bertz CT molecular complexity index is 292. The molecule has 2 unspecified atom stereocenters. The fourth-order valence-corrected chi connectivity index (χ4v) is 1.44. The SMILES string of the molecule is C=CCCC(CC(F)=C(F)F)CC(O)C(F)(F)F. The van der Waals surface area contributed by atoms with Gasteiger partial charge in [0.2, 0.25) is 0 Å². The molecule has 0 spiro atoms. The number of hydrogen-bond acceptors (Lipinski definition) is 1. The third-order valence-corrected chi connectivity index (χ3v) is 2.39. The average Bonchev–Trinajstić information content (AvgIpc) is 2.24. The first-order chi connectivity index (χ1) is 8.18. The zero-order chi connectivity index (χ0) is 14.3. The van der Waals surface area contributed by atoms with E-state index in [0.717, 1.165) is 0 Å². The summed E-state index contributed by atoms with van der Waals surface area (Å²) in [4.78, 5) is 0. The van der Waals surface area contributed by atoms with E-state index < -0.39 is 42.9 Å². The molecule has 0 aromatic rings. The van der Waals surface area contributed by atoms with E-state index in [1.165, 1.54) is 6.08 Å². The van der Waals surface area contributed by atoms with Crippen LogP contribution in [0.1, 0.15) is 25.7 Å². The number of hydrogen-bond donors (Lipinski definition) is 1. The summed E-state index contributed by atoms with van der Waals surface area (Å²) in [5.41, 5.74) is 0. The Balaban J connectivity index is 4.59. The van der Waals surface area contributed by atoms with Gasteiger partial charge in [-0.15, -0.1) is 6.58 Å². The van der Waals surface area contributed by atoms with Gasteiger partial charge in [0, 0.05) is 6.42 Å². The predicted octanol–water partition coefficient (Wildman–Crippen LogP) is 4.35. The fourth-order valence-electron chi connectivity index (χ4n) is 1.44. The van der Waals surface area contributed by atoms with E-state index in [1.807, 2.05) is 0 Å². The monoisotopic (exact) mass is 276 g/mol. The standard InChI is InChI=1S/C11H14F6O/c1-2-3-4-7(5-8(12)10(13)14)6-9(18)11(15,16)17/h2,7,9,18H,1,3-6H2. The number of alkyl halides is 3. The van der Waals surface area contributed by atoms with E-state index in [-0.39, 0.29) is 12.8 Å². The highest BCUT2D eigenvalue weighted by atomic mass is 19.4. The molecule has 0 fully saturated rings. The van der Waals surface area contributed by atoms with Crippen LogP contribution in [0.5, 0.6) is 0 Å². The van der Waals surface area contributed by atoms with Gasteiger partial charge in [0.15, 0.2) is 5.83 Å². The van der Waals surface area contributed by atoms with Crippen molar-refractivity contribution in [3.63, 3.8) is 0 Å². The highest BCUT2D eigenvalue weighted by Crippen LogP contribution is 2.31. The van der Waals surface area contributed by atoms with Crippen molar-refractivity contribution in [1.29, 1.82) is 0 Å². The van der Waals surface area contributed by atoms with E-state index in [1.54, 1.807) is 0 Å². The van der Waals surface area contributed by atoms with Crippen molar-refractivity contribution in [2.75, 3.05) is 0 Å². The predicted molar refractivity (Wildman–Crippen MR) is 54.6 cm³/mol. The summed E-state index contributed by atoms with van der Waals surface area (Å²) in [7, 11) is 0. The van der Waals surface area contributed by atoms with E-state index in [2.05, 4.69) is 6.58 Å². The van der Waals surface area contributed by atoms with Gasteiger partial charge in [0.25, 0.3) is 0 Å².